The molecule has 2 aromatic heterocycles. The molecule has 0 radical (unpaired) electrons. The lowest BCUT2D eigenvalue weighted by Gasteiger charge is -2.03. The van der Waals surface area contributed by atoms with Crippen molar-refractivity contribution in [3.05, 3.63) is 57.6 Å². The Labute approximate surface area is 164 Å². The van der Waals surface area contributed by atoms with Gasteiger partial charge in [0.15, 0.2) is 10.9 Å². The molecule has 0 aliphatic rings. The van der Waals surface area contributed by atoms with Crippen molar-refractivity contribution in [2.45, 2.75) is 13.3 Å². The zero-order valence-corrected chi connectivity index (χ0v) is 16.2. The lowest BCUT2D eigenvalue weighted by molar-refractivity contribution is -0.116. The number of Topliss-reactive ketones (excluding diaryl/α,β-unsaturated/α-hetero) is 1. The Morgan fingerprint density at radius 1 is 1.07 bits per heavy atom. The van der Waals surface area contributed by atoms with Crippen molar-refractivity contribution in [2.75, 3.05) is 11.9 Å². The molecule has 0 saturated carbocycles. The van der Waals surface area contributed by atoms with Crippen LogP contribution < -0.4 is 10.6 Å². The predicted molar refractivity (Wildman–Crippen MR) is 107 cm³/mol. The third-order valence-corrected chi connectivity index (χ3v) is 5.56. The van der Waals surface area contributed by atoms with Crippen LogP contribution in [-0.2, 0) is 4.79 Å². The predicted octanol–water partition coefficient (Wildman–Crippen LogP) is 3.83. The number of thiophene rings is 1. The fourth-order valence-corrected chi connectivity index (χ4v) is 3.91. The molecule has 0 atom stereocenters. The van der Waals surface area contributed by atoms with E-state index in [1.807, 2.05) is 35.7 Å². The van der Waals surface area contributed by atoms with Crippen LogP contribution >= 0.6 is 22.7 Å². The van der Waals surface area contributed by atoms with E-state index in [2.05, 4.69) is 15.6 Å². The highest BCUT2D eigenvalue weighted by Gasteiger charge is 2.18. The molecule has 138 valence electrons. The maximum Gasteiger partial charge on any atom is 0.261 e. The molecule has 0 fully saturated rings. The summed E-state index contributed by atoms with van der Waals surface area (Å²) in [6.45, 7) is 1.70. The van der Waals surface area contributed by atoms with Gasteiger partial charge in [-0.25, -0.2) is 4.98 Å². The third kappa shape index (κ3) is 4.87. The lowest BCUT2D eigenvalue weighted by atomic mass is 10.1. The Balaban J connectivity index is 1.61. The summed E-state index contributed by atoms with van der Waals surface area (Å²) in [6, 6.07) is 12.9. The molecule has 3 rings (SSSR count). The Hall–Kier alpha value is -2.84. The van der Waals surface area contributed by atoms with Gasteiger partial charge in [-0.3, -0.25) is 14.4 Å². The molecule has 27 heavy (non-hydrogen) atoms. The van der Waals surface area contributed by atoms with Crippen LogP contribution in [0.15, 0.2) is 47.8 Å². The van der Waals surface area contributed by atoms with Gasteiger partial charge in [0.1, 0.15) is 0 Å². The Morgan fingerprint density at radius 2 is 1.85 bits per heavy atom. The second-order valence-electron chi connectivity index (χ2n) is 5.65. The van der Waals surface area contributed by atoms with Crippen LogP contribution in [0.1, 0.15) is 32.7 Å². The van der Waals surface area contributed by atoms with Crippen molar-refractivity contribution >= 4 is 45.4 Å². The normalized spacial score (nSPS) is 10.4. The first-order chi connectivity index (χ1) is 13.0. The maximum absolute atomic E-state index is 12.1. The van der Waals surface area contributed by atoms with Crippen LogP contribution in [-0.4, -0.2) is 29.1 Å². The summed E-state index contributed by atoms with van der Waals surface area (Å²) >= 11 is 2.49. The molecule has 6 nitrogen and oxygen atoms in total. The van der Waals surface area contributed by atoms with Gasteiger partial charge in [-0.05, 0) is 11.4 Å². The highest BCUT2D eigenvalue weighted by molar-refractivity contribution is 7.18. The van der Waals surface area contributed by atoms with Crippen LogP contribution in [0.5, 0.6) is 0 Å². The van der Waals surface area contributed by atoms with E-state index in [-0.39, 0.29) is 30.6 Å². The fraction of sp³-hybridized carbons (Fsp3) is 0.158. The highest BCUT2D eigenvalue weighted by Crippen LogP contribution is 2.31. The summed E-state index contributed by atoms with van der Waals surface area (Å²) in [5.74, 6) is -0.572. The molecule has 0 spiro atoms. The van der Waals surface area contributed by atoms with Crippen LogP contribution in [0.25, 0.3) is 11.3 Å². The monoisotopic (exact) mass is 399 g/mol. The number of nitrogens with zero attached hydrogens (tertiary/aromatic N) is 1. The minimum Gasteiger partial charge on any atom is -0.351 e. The van der Waals surface area contributed by atoms with Crippen LogP contribution in [0, 0.1) is 0 Å². The molecule has 0 aliphatic heterocycles. The minimum absolute atomic E-state index is 0.102. The van der Waals surface area contributed by atoms with E-state index in [0.717, 1.165) is 16.9 Å². The lowest BCUT2D eigenvalue weighted by Crippen LogP contribution is -2.27. The van der Waals surface area contributed by atoms with Gasteiger partial charge < -0.3 is 10.6 Å². The molecule has 0 saturated heterocycles. The van der Waals surface area contributed by atoms with Crippen molar-refractivity contribution in [3.63, 3.8) is 0 Å². The fourth-order valence-electron chi connectivity index (χ4n) is 2.37. The molecule has 0 bridgehead atoms. The van der Waals surface area contributed by atoms with E-state index in [1.165, 1.54) is 18.3 Å². The Morgan fingerprint density at radius 3 is 2.52 bits per heavy atom. The van der Waals surface area contributed by atoms with Gasteiger partial charge in [-0.2, -0.15) is 0 Å². The molecule has 0 unspecified atom stereocenters. The topological polar surface area (TPSA) is 88.2 Å². The summed E-state index contributed by atoms with van der Waals surface area (Å²) < 4.78 is 0. The van der Waals surface area contributed by atoms with Gasteiger partial charge in [-0.15, -0.1) is 11.3 Å². The number of amides is 2. The van der Waals surface area contributed by atoms with Gasteiger partial charge in [-0.1, -0.05) is 47.7 Å². The van der Waals surface area contributed by atoms with Gasteiger partial charge in [0.25, 0.3) is 5.91 Å². The van der Waals surface area contributed by atoms with E-state index in [0.29, 0.717) is 20.6 Å². The second-order valence-corrected chi connectivity index (χ2v) is 7.60. The second kappa shape index (κ2) is 8.70. The summed E-state index contributed by atoms with van der Waals surface area (Å²) in [6.07, 6.45) is 0.118. The first-order valence-corrected chi connectivity index (χ1v) is 9.93. The number of carbonyl (C=O) groups is 3. The molecule has 1 aromatic carbocycles. The first-order valence-electron chi connectivity index (χ1n) is 8.23. The van der Waals surface area contributed by atoms with Gasteiger partial charge in [0.2, 0.25) is 5.91 Å². The molecule has 0 aliphatic carbocycles. The highest BCUT2D eigenvalue weighted by atomic mass is 32.1. The van der Waals surface area contributed by atoms with Crippen molar-refractivity contribution < 1.29 is 14.4 Å². The van der Waals surface area contributed by atoms with Gasteiger partial charge >= 0.3 is 0 Å². The van der Waals surface area contributed by atoms with E-state index < -0.39 is 0 Å². The summed E-state index contributed by atoms with van der Waals surface area (Å²) in [5.41, 5.74) is 1.39. The smallest absolute Gasteiger partial charge is 0.261 e. The van der Waals surface area contributed by atoms with Gasteiger partial charge in [0, 0.05) is 25.5 Å². The Bertz CT molecular complexity index is 950. The number of anilines is 1. The number of rotatable bonds is 7. The van der Waals surface area contributed by atoms with Gasteiger partial charge in [0.05, 0.1) is 15.4 Å². The molecule has 3 aromatic rings. The number of hydrogen-bond acceptors (Lipinski definition) is 6. The van der Waals surface area contributed by atoms with Crippen molar-refractivity contribution in [2.24, 2.45) is 0 Å². The van der Waals surface area contributed by atoms with E-state index >= 15 is 0 Å². The zero-order valence-electron chi connectivity index (χ0n) is 14.5. The number of ketones is 1. The Kier molecular flexibility index (Phi) is 6.10. The van der Waals surface area contributed by atoms with Crippen LogP contribution in [0.4, 0.5) is 5.13 Å². The maximum atomic E-state index is 12.1. The van der Waals surface area contributed by atoms with Crippen molar-refractivity contribution in [3.8, 4) is 11.3 Å². The number of carbonyl (C=O) groups excluding carboxylic acids is 3. The van der Waals surface area contributed by atoms with E-state index in [9.17, 15) is 14.4 Å². The molecular weight excluding hydrogens is 382 g/mol. The van der Waals surface area contributed by atoms with E-state index in [1.54, 1.807) is 12.1 Å². The molecule has 8 heteroatoms. The van der Waals surface area contributed by atoms with Crippen molar-refractivity contribution in [1.29, 1.82) is 0 Å². The number of aromatic nitrogens is 1. The van der Waals surface area contributed by atoms with Crippen LogP contribution in [0.2, 0.25) is 0 Å². The zero-order chi connectivity index (χ0) is 19.2. The molecule has 2 amide bonds. The SMILES string of the molecule is CC(=O)c1sc(NC(=O)CCNC(=O)c2cccs2)nc1-c1ccccc1. The number of nitrogens with one attached hydrogen (secondary N) is 2. The number of hydrogen-bond donors (Lipinski definition) is 2. The quantitative estimate of drug-likeness (QED) is 0.591. The van der Waals surface area contributed by atoms with Crippen LogP contribution in [0.3, 0.4) is 0 Å². The molecule has 2 heterocycles. The summed E-state index contributed by atoms with van der Waals surface area (Å²) in [5, 5.41) is 7.59. The minimum atomic E-state index is -0.273. The standard InChI is InChI=1S/C19H17N3O3S2/c1-12(23)17-16(13-6-3-2-4-7-13)22-19(27-17)21-15(24)9-10-20-18(25)14-8-5-11-26-14/h2-8,11H,9-10H2,1H3,(H,20,25)(H,21,22,24). The number of thiazole rings is 1. The first kappa shape index (κ1) is 18.9. The molecule has 2 N–H and O–H groups in total. The average molecular weight is 399 g/mol. The van der Waals surface area contributed by atoms with Crippen molar-refractivity contribution in [1.82, 2.24) is 10.3 Å². The third-order valence-electron chi connectivity index (χ3n) is 3.62. The summed E-state index contributed by atoms with van der Waals surface area (Å²) in [4.78, 5) is 41.4. The van der Waals surface area contributed by atoms with E-state index in [4.69, 9.17) is 0 Å². The summed E-state index contributed by atoms with van der Waals surface area (Å²) in [7, 11) is 0. The largest absolute Gasteiger partial charge is 0.351 e. The molecular formula is C19H17N3O3S2. The number of benzene rings is 1. The average Bonchev–Trinajstić information content (AvgIpc) is 3.32.